The summed E-state index contributed by atoms with van der Waals surface area (Å²) in [5.74, 6) is -0.225. The van der Waals surface area contributed by atoms with E-state index in [4.69, 9.17) is 5.11 Å². The highest BCUT2D eigenvalue weighted by molar-refractivity contribution is 9.10. The van der Waals surface area contributed by atoms with Crippen LogP contribution in [0.1, 0.15) is 17.4 Å². The summed E-state index contributed by atoms with van der Waals surface area (Å²) in [4.78, 5) is 15.8. The fourth-order valence-corrected chi connectivity index (χ4v) is 2.18. The van der Waals surface area contributed by atoms with Crippen LogP contribution in [0.15, 0.2) is 22.8 Å². The highest BCUT2D eigenvalue weighted by Gasteiger charge is 2.18. The maximum absolute atomic E-state index is 11.8. The normalized spacial score (nSPS) is 14.1. The van der Waals surface area contributed by atoms with Crippen LogP contribution >= 0.6 is 27.7 Å². The van der Waals surface area contributed by atoms with Gasteiger partial charge < -0.3 is 10.4 Å². The molecule has 0 aromatic carbocycles. The lowest BCUT2D eigenvalue weighted by Crippen LogP contribution is -2.41. The van der Waals surface area contributed by atoms with Crippen molar-refractivity contribution in [2.75, 3.05) is 12.9 Å². The molecule has 0 aliphatic carbocycles. The molecule has 0 aliphatic heterocycles. The van der Waals surface area contributed by atoms with E-state index in [1.807, 2.05) is 13.2 Å². The lowest BCUT2D eigenvalue weighted by molar-refractivity contribution is 0.0931. The van der Waals surface area contributed by atoms with Gasteiger partial charge in [-0.2, -0.15) is 11.8 Å². The lowest BCUT2D eigenvalue weighted by atomic mass is 10.2. The highest BCUT2D eigenvalue weighted by atomic mass is 79.9. The van der Waals surface area contributed by atoms with Gasteiger partial charge in [-0.3, -0.25) is 4.79 Å². The van der Waals surface area contributed by atoms with Crippen molar-refractivity contribution < 1.29 is 9.90 Å². The van der Waals surface area contributed by atoms with Crippen molar-refractivity contribution in [3.05, 3.63) is 28.5 Å². The Labute approximate surface area is 113 Å². The van der Waals surface area contributed by atoms with Gasteiger partial charge in [0.05, 0.1) is 6.61 Å². The number of halogens is 1. The van der Waals surface area contributed by atoms with E-state index in [1.165, 1.54) is 11.8 Å². The summed E-state index contributed by atoms with van der Waals surface area (Å²) in [5, 5.41) is 11.9. The van der Waals surface area contributed by atoms with Gasteiger partial charge in [0.25, 0.3) is 5.91 Å². The predicted octanol–water partition coefficient (Wildman–Crippen LogP) is 1.69. The Morgan fingerprint density at radius 3 is 2.82 bits per heavy atom. The monoisotopic (exact) mass is 318 g/mol. The second-order valence-corrected chi connectivity index (χ2v) is 5.57. The molecule has 1 aromatic heterocycles. The first-order valence-electron chi connectivity index (χ1n) is 5.14. The van der Waals surface area contributed by atoms with E-state index in [2.05, 4.69) is 26.2 Å². The zero-order valence-corrected chi connectivity index (χ0v) is 12.1. The molecule has 2 N–H and O–H groups in total. The molecule has 1 amide bonds. The van der Waals surface area contributed by atoms with Gasteiger partial charge in [0.1, 0.15) is 5.69 Å². The third-order valence-electron chi connectivity index (χ3n) is 2.36. The Hall–Kier alpha value is -0.590. The third-order valence-corrected chi connectivity index (χ3v) is 3.99. The van der Waals surface area contributed by atoms with Gasteiger partial charge in [-0.15, -0.1) is 0 Å². The molecule has 0 aliphatic rings. The number of carbonyl (C=O) groups is 1. The van der Waals surface area contributed by atoms with Crippen LogP contribution in [0.5, 0.6) is 0 Å². The molecular formula is C11H15BrN2O2S. The second-order valence-electron chi connectivity index (χ2n) is 3.58. The minimum absolute atomic E-state index is 0.00519. The summed E-state index contributed by atoms with van der Waals surface area (Å²) in [5.41, 5.74) is 0.373. The summed E-state index contributed by atoms with van der Waals surface area (Å²) in [7, 11) is 0. The number of hydrogen-bond acceptors (Lipinski definition) is 4. The van der Waals surface area contributed by atoms with Crippen molar-refractivity contribution in [3.63, 3.8) is 0 Å². The first-order valence-corrected chi connectivity index (χ1v) is 7.22. The van der Waals surface area contributed by atoms with Gasteiger partial charge in [0.15, 0.2) is 0 Å². The van der Waals surface area contributed by atoms with Crippen LogP contribution in [-0.2, 0) is 0 Å². The van der Waals surface area contributed by atoms with Crippen LogP contribution in [0.3, 0.4) is 0 Å². The molecule has 0 saturated carbocycles. The molecule has 0 unspecified atom stereocenters. The first kappa shape index (κ1) is 14.5. The Balaban J connectivity index is 2.62. The van der Waals surface area contributed by atoms with Crippen molar-refractivity contribution in [2.45, 2.75) is 18.2 Å². The summed E-state index contributed by atoms with van der Waals surface area (Å²) in [6, 6.07) is 3.32. The van der Waals surface area contributed by atoms with Crippen LogP contribution in [-0.4, -0.2) is 40.2 Å². The minimum Gasteiger partial charge on any atom is -0.395 e. The lowest BCUT2D eigenvalue weighted by Gasteiger charge is -2.20. The molecule has 1 heterocycles. The number of nitrogens with one attached hydrogen (secondary N) is 1. The van der Waals surface area contributed by atoms with Crippen LogP contribution in [0.2, 0.25) is 0 Å². The van der Waals surface area contributed by atoms with E-state index in [1.54, 1.807) is 18.3 Å². The van der Waals surface area contributed by atoms with E-state index in [0.29, 0.717) is 5.69 Å². The SMILES string of the molecule is CS[C@@H](CO)[C@H](C)NC(=O)c1ccc(Br)cn1. The van der Waals surface area contributed by atoms with E-state index in [0.717, 1.165) is 4.47 Å². The number of carbonyl (C=O) groups excluding carboxylic acids is 1. The summed E-state index contributed by atoms with van der Waals surface area (Å²) in [6.45, 7) is 1.91. The molecule has 0 fully saturated rings. The number of aromatic nitrogens is 1. The maximum atomic E-state index is 11.8. The summed E-state index contributed by atoms with van der Waals surface area (Å²) in [6.07, 6.45) is 3.49. The summed E-state index contributed by atoms with van der Waals surface area (Å²) >= 11 is 4.79. The molecule has 0 saturated heterocycles. The topological polar surface area (TPSA) is 62.2 Å². The fraction of sp³-hybridized carbons (Fsp3) is 0.455. The molecule has 0 radical (unpaired) electrons. The molecule has 1 aromatic rings. The van der Waals surface area contributed by atoms with Gasteiger partial charge in [0.2, 0.25) is 0 Å². The number of aliphatic hydroxyl groups excluding tert-OH is 1. The molecule has 6 heteroatoms. The highest BCUT2D eigenvalue weighted by Crippen LogP contribution is 2.11. The zero-order chi connectivity index (χ0) is 12.8. The average Bonchev–Trinajstić information content (AvgIpc) is 2.31. The smallest absolute Gasteiger partial charge is 0.270 e. The van der Waals surface area contributed by atoms with Crippen LogP contribution < -0.4 is 5.32 Å². The number of amides is 1. The Morgan fingerprint density at radius 2 is 2.35 bits per heavy atom. The Morgan fingerprint density at radius 1 is 1.65 bits per heavy atom. The number of thioether (sulfide) groups is 1. The van der Waals surface area contributed by atoms with Gasteiger partial charge >= 0.3 is 0 Å². The van der Waals surface area contributed by atoms with E-state index >= 15 is 0 Å². The van der Waals surface area contributed by atoms with Gasteiger partial charge in [0, 0.05) is 22.0 Å². The fourth-order valence-electron chi connectivity index (χ4n) is 1.32. The zero-order valence-electron chi connectivity index (χ0n) is 9.68. The van der Waals surface area contributed by atoms with Gasteiger partial charge in [-0.05, 0) is 41.2 Å². The van der Waals surface area contributed by atoms with Crippen molar-refractivity contribution in [1.29, 1.82) is 0 Å². The molecule has 94 valence electrons. The molecule has 1 rings (SSSR count). The van der Waals surface area contributed by atoms with E-state index in [9.17, 15) is 4.79 Å². The first-order chi connectivity index (χ1) is 8.08. The number of pyridine rings is 1. The molecule has 0 bridgehead atoms. The maximum Gasteiger partial charge on any atom is 0.270 e. The Kier molecular flexibility index (Phi) is 5.94. The number of nitrogens with zero attached hydrogens (tertiary/aromatic N) is 1. The Bertz CT molecular complexity index is 368. The standard InChI is InChI=1S/C11H15BrN2O2S/c1-7(10(6-15)17-2)14-11(16)9-4-3-8(12)5-13-9/h3-5,7,10,15H,6H2,1-2H3,(H,14,16)/t7-,10-/m0/s1. The predicted molar refractivity (Wildman–Crippen MR) is 73.3 cm³/mol. The van der Waals surface area contributed by atoms with E-state index < -0.39 is 0 Å². The average molecular weight is 319 g/mol. The molecular weight excluding hydrogens is 304 g/mol. The molecule has 17 heavy (non-hydrogen) atoms. The largest absolute Gasteiger partial charge is 0.395 e. The van der Waals surface area contributed by atoms with Gasteiger partial charge in [-0.25, -0.2) is 4.98 Å². The quantitative estimate of drug-likeness (QED) is 0.867. The third kappa shape index (κ3) is 4.29. The van der Waals surface area contributed by atoms with Crippen molar-refractivity contribution in [1.82, 2.24) is 10.3 Å². The van der Waals surface area contributed by atoms with Crippen LogP contribution in [0.25, 0.3) is 0 Å². The van der Waals surface area contributed by atoms with Gasteiger partial charge in [-0.1, -0.05) is 0 Å². The summed E-state index contributed by atoms with van der Waals surface area (Å²) < 4.78 is 0.833. The number of rotatable bonds is 5. The van der Waals surface area contributed by atoms with Crippen LogP contribution in [0, 0.1) is 0 Å². The molecule has 0 spiro atoms. The second kappa shape index (κ2) is 6.98. The minimum atomic E-state index is -0.225. The molecule has 4 nitrogen and oxygen atoms in total. The van der Waals surface area contributed by atoms with Crippen molar-refractivity contribution in [2.24, 2.45) is 0 Å². The van der Waals surface area contributed by atoms with Crippen LogP contribution in [0.4, 0.5) is 0 Å². The number of aliphatic hydroxyl groups is 1. The van der Waals surface area contributed by atoms with Crippen molar-refractivity contribution in [3.8, 4) is 0 Å². The molecule has 2 atom stereocenters. The van der Waals surface area contributed by atoms with Crippen molar-refractivity contribution >= 4 is 33.6 Å². The van der Waals surface area contributed by atoms with E-state index in [-0.39, 0.29) is 23.8 Å². The number of hydrogen-bond donors (Lipinski definition) is 2.